The van der Waals surface area contributed by atoms with Crippen LogP contribution in [0.15, 0.2) is 28.3 Å². The minimum absolute atomic E-state index is 0.0374. The number of nitrogens with zero attached hydrogens (tertiary/aromatic N) is 4. The second-order valence-electron chi connectivity index (χ2n) is 7.53. The summed E-state index contributed by atoms with van der Waals surface area (Å²) in [5, 5.41) is 6.70. The molecule has 0 bridgehead atoms. The van der Waals surface area contributed by atoms with Crippen molar-refractivity contribution < 1.29 is 14.4 Å². The number of nitrogens with one attached hydrogen (secondary N) is 1. The minimum atomic E-state index is -0.0519. The fourth-order valence-corrected chi connectivity index (χ4v) is 3.93. The van der Waals surface area contributed by atoms with Gasteiger partial charge in [-0.05, 0) is 36.1 Å². The number of carbonyl (C=O) groups is 2. The van der Waals surface area contributed by atoms with Gasteiger partial charge in [0.05, 0.1) is 11.9 Å². The van der Waals surface area contributed by atoms with Gasteiger partial charge in [-0.3, -0.25) is 14.9 Å². The van der Waals surface area contributed by atoms with Gasteiger partial charge in [0.1, 0.15) is 6.54 Å². The van der Waals surface area contributed by atoms with Gasteiger partial charge in [-0.15, -0.1) is 0 Å². The second kappa shape index (κ2) is 8.00. The van der Waals surface area contributed by atoms with Gasteiger partial charge >= 0.3 is 0 Å². The van der Waals surface area contributed by atoms with E-state index in [1.165, 1.54) is 19.3 Å². The molecule has 8 heteroatoms. The van der Waals surface area contributed by atoms with Crippen LogP contribution in [0.5, 0.6) is 0 Å². The normalized spacial score (nSPS) is 19.1. The molecule has 2 aliphatic heterocycles. The molecule has 1 N–H and O–H groups in total. The molecule has 0 radical (unpaired) electrons. The van der Waals surface area contributed by atoms with Crippen LogP contribution in [-0.4, -0.2) is 60.0 Å². The summed E-state index contributed by atoms with van der Waals surface area (Å²) in [5.74, 6) is 0.537. The van der Waals surface area contributed by atoms with Crippen molar-refractivity contribution in [2.45, 2.75) is 44.7 Å². The summed E-state index contributed by atoms with van der Waals surface area (Å²) >= 11 is 0. The number of hydrogen-bond donors (Lipinski definition) is 1. The third-order valence-electron chi connectivity index (χ3n) is 5.56. The Morgan fingerprint density at radius 2 is 2.18 bits per heavy atom. The Balaban J connectivity index is 1.31. The first-order valence-corrected chi connectivity index (χ1v) is 9.77. The lowest BCUT2D eigenvalue weighted by atomic mass is 9.94. The summed E-state index contributed by atoms with van der Waals surface area (Å²) in [7, 11) is 1.85. The van der Waals surface area contributed by atoms with Gasteiger partial charge in [-0.25, -0.2) is 4.99 Å². The fraction of sp³-hybridized carbons (Fsp3) is 0.500. The molecule has 2 amide bonds. The number of amides is 2. The Morgan fingerprint density at radius 3 is 3.00 bits per heavy atom. The van der Waals surface area contributed by atoms with Gasteiger partial charge in [0.15, 0.2) is 6.61 Å². The van der Waals surface area contributed by atoms with Gasteiger partial charge in [-0.2, -0.15) is 0 Å². The van der Waals surface area contributed by atoms with E-state index in [1.807, 2.05) is 30.1 Å². The highest BCUT2D eigenvalue weighted by molar-refractivity contribution is 6.05. The molecule has 0 atom stereocenters. The molecule has 0 unspecified atom stereocenters. The summed E-state index contributed by atoms with van der Waals surface area (Å²) in [5.41, 5.74) is 2.73. The molecule has 1 aromatic carbocycles. The van der Waals surface area contributed by atoms with Crippen LogP contribution in [0.25, 0.3) is 0 Å². The van der Waals surface area contributed by atoms with Crippen molar-refractivity contribution in [2.75, 3.05) is 20.2 Å². The van der Waals surface area contributed by atoms with E-state index in [-0.39, 0.29) is 18.4 Å². The van der Waals surface area contributed by atoms with E-state index >= 15 is 0 Å². The van der Waals surface area contributed by atoms with Crippen molar-refractivity contribution in [3.05, 3.63) is 29.3 Å². The topological polar surface area (TPSA) is 86.6 Å². The number of rotatable bonds is 5. The zero-order valence-electron chi connectivity index (χ0n) is 16.1. The molecule has 28 heavy (non-hydrogen) atoms. The number of guanidine groups is 1. The molecule has 0 aromatic heterocycles. The largest absolute Gasteiger partial charge is 0.386 e. The lowest BCUT2D eigenvalue weighted by Crippen LogP contribution is -2.40. The summed E-state index contributed by atoms with van der Waals surface area (Å²) < 4.78 is 0. The van der Waals surface area contributed by atoms with Crippen LogP contribution >= 0.6 is 0 Å². The molecular formula is C20H25N5O3. The first kappa shape index (κ1) is 18.5. The zero-order chi connectivity index (χ0) is 19.5. The summed E-state index contributed by atoms with van der Waals surface area (Å²) in [6.45, 7) is 0.903. The number of aliphatic imine (C=N–C) groups is 1. The maximum absolute atomic E-state index is 12.3. The molecule has 0 spiro atoms. The van der Waals surface area contributed by atoms with Crippen LogP contribution in [0.1, 0.15) is 43.2 Å². The Morgan fingerprint density at radius 1 is 1.36 bits per heavy atom. The third-order valence-corrected chi connectivity index (χ3v) is 5.56. The van der Waals surface area contributed by atoms with Crippen LogP contribution in [0, 0.1) is 0 Å². The molecule has 3 aliphatic rings. The van der Waals surface area contributed by atoms with E-state index in [0.717, 1.165) is 29.7 Å². The monoisotopic (exact) mass is 383 g/mol. The van der Waals surface area contributed by atoms with Crippen molar-refractivity contribution >= 4 is 29.7 Å². The summed E-state index contributed by atoms with van der Waals surface area (Å²) in [6.07, 6.45) is 7.38. The predicted octanol–water partition coefficient (Wildman–Crippen LogP) is 1.76. The number of carbonyl (C=O) groups excluding carboxylic acids is 2. The number of hydrogen-bond acceptors (Lipinski definition) is 6. The summed E-state index contributed by atoms with van der Waals surface area (Å²) in [6, 6.07) is 6.08. The van der Waals surface area contributed by atoms with Gasteiger partial charge in [0, 0.05) is 19.6 Å². The van der Waals surface area contributed by atoms with Crippen LogP contribution in [0.3, 0.4) is 0 Å². The molecule has 4 rings (SSSR count). The van der Waals surface area contributed by atoms with E-state index < -0.39 is 0 Å². The van der Waals surface area contributed by atoms with Crippen LogP contribution in [-0.2, 0) is 21.0 Å². The maximum Gasteiger partial charge on any atom is 0.263 e. The van der Waals surface area contributed by atoms with E-state index in [0.29, 0.717) is 25.1 Å². The zero-order valence-corrected chi connectivity index (χ0v) is 16.1. The third kappa shape index (κ3) is 4.00. The highest BCUT2D eigenvalue weighted by Gasteiger charge is 2.29. The second-order valence-corrected chi connectivity index (χ2v) is 7.53. The smallest absolute Gasteiger partial charge is 0.263 e. The molecule has 1 aliphatic carbocycles. The average Bonchev–Trinajstić information content (AvgIpc) is 3.08. The molecule has 1 saturated heterocycles. The van der Waals surface area contributed by atoms with Gasteiger partial charge in [0.25, 0.3) is 5.91 Å². The van der Waals surface area contributed by atoms with Crippen molar-refractivity contribution in [2.24, 2.45) is 10.1 Å². The van der Waals surface area contributed by atoms with Crippen molar-refractivity contribution in [3.8, 4) is 0 Å². The highest BCUT2D eigenvalue weighted by Crippen LogP contribution is 2.27. The lowest BCUT2D eigenvalue weighted by Gasteiger charge is -2.30. The molecule has 2 fully saturated rings. The Hall–Kier alpha value is -2.90. The maximum atomic E-state index is 12.3. The molecular weight excluding hydrogens is 358 g/mol. The Bertz CT molecular complexity index is 829. The van der Waals surface area contributed by atoms with Gasteiger partial charge in [0.2, 0.25) is 11.9 Å². The molecule has 1 aromatic rings. The predicted molar refractivity (Wildman–Crippen MR) is 105 cm³/mol. The molecule has 2 heterocycles. The summed E-state index contributed by atoms with van der Waals surface area (Å²) in [4.78, 5) is 37.2. The molecule has 8 nitrogen and oxygen atoms in total. The van der Waals surface area contributed by atoms with E-state index in [1.54, 1.807) is 11.1 Å². The van der Waals surface area contributed by atoms with Crippen molar-refractivity contribution in [1.29, 1.82) is 0 Å². The van der Waals surface area contributed by atoms with Crippen molar-refractivity contribution in [3.63, 3.8) is 0 Å². The SMILES string of the molecule is CN(C(=O)CO/N=C/c1ccc2c(c1)CN1CC(=O)NC1=N2)C1CCCCC1. The minimum Gasteiger partial charge on any atom is -0.386 e. The van der Waals surface area contributed by atoms with E-state index in [4.69, 9.17) is 4.84 Å². The van der Waals surface area contributed by atoms with Crippen LogP contribution in [0.4, 0.5) is 5.69 Å². The highest BCUT2D eigenvalue weighted by atomic mass is 16.6. The first-order valence-electron chi connectivity index (χ1n) is 9.77. The van der Waals surface area contributed by atoms with Crippen molar-refractivity contribution in [1.82, 2.24) is 15.1 Å². The average molecular weight is 383 g/mol. The number of benzene rings is 1. The van der Waals surface area contributed by atoms with E-state index in [9.17, 15) is 9.59 Å². The fourth-order valence-electron chi connectivity index (χ4n) is 3.93. The first-order chi connectivity index (χ1) is 13.6. The Kier molecular flexibility index (Phi) is 5.27. The standard InChI is InChI=1S/C20H25N5O3/c1-24(16-5-3-2-4-6-16)19(27)13-28-21-10-14-7-8-17-15(9-14)11-25-12-18(26)23-20(25)22-17/h7-10,16H,2-6,11-13H2,1H3,(H,22,23,26)/b21-10+. The quantitative estimate of drug-likeness (QED) is 0.620. The van der Waals surface area contributed by atoms with E-state index in [2.05, 4.69) is 15.5 Å². The van der Waals surface area contributed by atoms with Gasteiger partial charge in [-0.1, -0.05) is 30.5 Å². The number of oxime groups is 1. The Labute approximate surface area is 164 Å². The van der Waals surface area contributed by atoms with Crippen LogP contribution < -0.4 is 5.32 Å². The molecule has 1 saturated carbocycles. The lowest BCUT2D eigenvalue weighted by molar-refractivity contribution is -0.137. The number of likely N-dealkylation sites (N-methyl/N-ethyl adjacent to an activating group) is 1. The molecule has 148 valence electrons. The number of fused-ring (bicyclic) bond motifs is 2. The van der Waals surface area contributed by atoms with Crippen LogP contribution in [0.2, 0.25) is 0 Å². The van der Waals surface area contributed by atoms with Gasteiger partial charge < -0.3 is 14.6 Å².